The first kappa shape index (κ1) is 13.5. The van der Waals surface area contributed by atoms with Crippen molar-refractivity contribution in [1.29, 1.82) is 0 Å². The molecule has 0 aliphatic heterocycles. The summed E-state index contributed by atoms with van der Waals surface area (Å²) < 4.78 is 0. The van der Waals surface area contributed by atoms with Gasteiger partial charge in [-0.3, -0.25) is 0 Å². The first-order valence-electron chi connectivity index (χ1n) is 4.41. The first-order valence-corrected chi connectivity index (χ1v) is 4.41. The van der Waals surface area contributed by atoms with Crippen LogP contribution in [-0.4, -0.2) is 11.7 Å². The quantitative estimate of drug-likeness (QED) is 0.827. The number of aliphatic hydroxyl groups is 1. The summed E-state index contributed by atoms with van der Waals surface area (Å²) in [6.07, 6.45) is 0.785. The Balaban J connectivity index is 0.000000246. The van der Waals surface area contributed by atoms with Crippen molar-refractivity contribution in [3.05, 3.63) is 60.2 Å². The van der Waals surface area contributed by atoms with Gasteiger partial charge in [-0.1, -0.05) is 6.42 Å². The molecule has 0 unspecified atom stereocenters. The standard InChI is InChI=1S/C7H9O.C5H5.Zr/c8-6-5-7-3-1-2-4-7;1-2-4-5-3-1;/h1-4,8H,5-6H2;1-5H;/q2*-1;+2. The third-order valence-corrected chi connectivity index (χ3v) is 1.69. The van der Waals surface area contributed by atoms with Crippen molar-refractivity contribution < 1.29 is 31.3 Å². The van der Waals surface area contributed by atoms with Crippen molar-refractivity contribution >= 4 is 0 Å². The van der Waals surface area contributed by atoms with Gasteiger partial charge in [-0.25, -0.2) is 24.3 Å². The Morgan fingerprint density at radius 2 is 1.57 bits per heavy atom. The molecule has 0 aromatic heterocycles. The molecule has 0 aliphatic rings. The summed E-state index contributed by atoms with van der Waals surface area (Å²) in [6, 6.07) is 18.0. The zero-order valence-electron chi connectivity index (χ0n) is 8.06. The average molecular weight is 265 g/mol. The molecule has 0 atom stereocenters. The molecule has 0 bridgehead atoms. The summed E-state index contributed by atoms with van der Waals surface area (Å²) in [5.41, 5.74) is 1.22. The minimum absolute atomic E-state index is 0. The molecule has 0 amide bonds. The summed E-state index contributed by atoms with van der Waals surface area (Å²) >= 11 is 0. The number of rotatable bonds is 2. The Bertz CT molecular complexity index is 254. The first-order chi connectivity index (χ1) is 6.43. The normalized spacial score (nSPS) is 8.36. The summed E-state index contributed by atoms with van der Waals surface area (Å²) in [5, 5.41) is 8.44. The summed E-state index contributed by atoms with van der Waals surface area (Å²) in [6.45, 7) is 0.254. The molecule has 0 aliphatic carbocycles. The number of hydrogen-bond acceptors (Lipinski definition) is 1. The van der Waals surface area contributed by atoms with E-state index in [0.717, 1.165) is 6.42 Å². The summed E-state index contributed by atoms with van der Waals surface area (Å²) in [4.78, 5) is 0. The average Bonchev–Trinajstić information content (AvgIpc) is 2.79. The van der Waals surface area contributed by atoms with E-state index in [9.17, 15) is 0 Å². The van der Waals surface area contributed by atoms with Crippen LogP contribution in [0.1, 0.15) is 5.56 Å². The van der Waals surface area contributed by atoms with Gasteiger partial charge in [0.15, 0.2) is 0 Å². The molecule has 2 heteroatoms. The van der Waals surface area contributed by atoms with Crippen molar-refractivity contribution in [2.75, 3.05) is 6.61 Å². The van der Waals surface area contributed by atoms with Gasteiger partial charge in [0.05, 0.1) is 0 Å². The van der Waals surface area contributed by atoms with Crippen LogP contribution in [0.3, 0.4) is 0 Å². The van der Waals surface area contributed by atoms with Crippen LogP contribution in [0.15, 0.2) is 54.6 Å². The molecule has 2 aromatic rings. The minimum Gasteiger partial charge on any atom is -0.397 e. The molecular weight excluding hydrogens is 251 g/mol. The fraction of sp³-hybridized carbons (Fsp3) is 0.167. The second-order valence-corrected chi connectivity index (χ2v) is 2.73. The zero-order chi connectivity index (χ0) is 9.36. The molecule has 0 radical (unpaired) electrons. The predicted octanol–water partition coefficient (Wildman–Crippen LogP) is 2.34. The van der Waals surface area contributed by atoms with E-state index < -0.39 is 0 Å². The Hall–Kier alpha value is -0.457. The summed E-state index contributed by atoms with van der Waals surface area (Å²) in [5.74, 6) is 0. The van der Waals surface area contributed by atoms with Crippen molar-refractivity contribution in [3.63, 3.8) is 0 Å². The van der Waals surface area contributed by atoms with Crippen LogP contribution in [-0.2, 0) is 32.6 Å². The van der Waals surface area contributed by atoms with Crippen LogP contribution in [0.2, 0.25) is 0 Å². The van der Waals surface area contributed by atoms with Crippen LogP contribution < -0.4 is 0 Å². The smallest absolute Gasteiger partial charge is 0.397 e. The van der Waals surface area contributed by atoms with E-state index in [4.69, 9.17) is 5.11 Å². The van der Waals surface area contributed by atoms with E-state index in [1.165, 1.54) is 5.56 Å². The van der Waals surface area contributed by atoms with Gasteiger partial charge in [-0.15, -0.1) is 0 Å². The molecule has 0 saturated carbocycles. The van der Waals surface area contributed by atoms with Gasteiger partial charge >= 0.3 is 26.2 Å². The predicted molar refractivity (Wildman–Crippen MR) is 54.9 cm³/mol. The third kappa shape index (κ3) is 6.07. The van der Waals surface area contributed by atoms with Crippen molar-refractivity contribution in [2.24, 2.45) is 0 Å². The van der Waals surface area contributed by atoms with Gasteiger partial charge in [0.2, 0.25) is 0 Å². The van der Waals surface area contributed by atoms with Gasteiger partial charge in [0.1, 0.15) is 0 Å². The van der Waals surface area contributed by atoms with Gasteiger partial charge in [0.25, 0.3) is 0 Å². The van der Waals surface area contributed by atoms with E-state index in [1.54, 1.807) is 0 Å². The molecule has 1 N–H and O–H groups in total. The molecule has 0 spiro atoms. The molecule has 0 saturated heterocycles. The van der Waals surface area contributed by atoms with Crippen LogP contribution >= 0.6 is 0 Å². The monoisotopic (exact) mass is 264 g/mol. The molecule has 1 nitrogen and oxygen atoms in total. The fourth-order valence-electron chi connectivity index (χ4n) is 1.03. The molecule has 2 aromatic carbocycles. The molecule has 14 heavy (non-hydrogen) atoms. The maximum absolute atomic E-state index is 8.44. The number of hydrogen-bond donors (Lipinski definition) is 1. The third-order valence-electron chi connectivity index (χ3n) is 1.69. The van der Waals surface area contributed by atoms with Gasteiger partial charge < -0.3 is 5.11 Å². The van der Waals surface area contributed by atoms with Gasteiger partial charge in [-0.05, 0) is 0 Å². The van der Waals surface area contributed by atoms with E-state index in [2.05, 4.69) is 0 Å². The maximum Gasteiger partial charge on any atom is 2.00 e. The fourth-order valence-corrected chi connectivity index (χ4v) is 1.03. The molecule has 72 valence electrons. The Kier molecular flexibility index (Phi) is 8.81. The molecule has 2 rings (SSSR count). The molecule has 0 heterocycles. The van der Waals surface area contributed by atoms with Crippen LogP contribution in [0.25, 0.3) is 0 Å². The Morgan fingerprint density at radius 1 is 1.00 bits per heavy atom. The second kappa shape index (κ2) is 9.11. The van der Waals surface area contributed by atoms with Crippen molar-refractivity contribution in [3.8, 4) is 0 Å². The SMILES string of the molecule is OCC[c-]1cccc1.[Zr+2].c1cc[cH-]c1. The Morgan fingerprint density at radius 3 is 1.93 bits per heavy atom. The van der Waals surface area contributed by atoms with Crippen molar-refractivity contribution in [2.45, 2.75) is 6.42 Å². The summed E-state index contributed by atoms with van der Waals surface area (Å²) in [7, 11) is 0. The van der Waals surface area contributed by atoms with E-state index in [1.807, 2.05) is 54.6 Å². The van der Waals surface area contributed by atoms with Crippen LogP contribution in [0, 0.1) is 0 Å². The molecule has 0 fully saturated rings. The van der Waals surface area contributed by atoms with Crippen molar-refractivity contribution in [1.82, 2.24) is 0 Å². The van der Waals surface area contributed by atoms with E-state index in [0.29, 0.717) is 0 Å². The minimum atomic E-state index is 0. The number of aliphatic hydroxyl groups excluding tert-OH is 1. The van der Waals surface area contributed by atoms with Crippen LogP contribution in [0.4, 0.5) is 0 Å². The van der Waals surface area contributed by atoms with E-state index >= 15 is 0 Å². The van der Waals surface area contributed by atoms with E-state index in [-0.39, 0.29) is 32.8 Å². The zero-order valence-corrected chi connectivity index (χ0v) is 10.5. The van der Waals surface area contributed by atoms with Crippen LogP contribution in [0.5, 0.6) is 0 Å². The maximum atomic E-state index is 8.44. The largest absolute Gasteiger partial charge is 2.00 e. The van der Waals surface area contributed by atoms with Gasteiger partial charge in [-0.2, -0.15) is 35.9 Å². The Labute approximate surface area is 104 Å². The topological polar surface area (TPSA) is 20.2 Å². The second-order valence-electron chi connectivity index (χ2n) is 2.73. The molecular formula is C12H14OZr. The van der Waals surface area contributed by atoms with Gasteiger partial charge in [0, 0.05) is 6.61 Å².